The van der Waals surface area contributed by atoms with Crippen LogP contribution in [0.25, 0.3) is 11.1 Å². The van der Waals surface area contributed by atoms with Crippen LogP contribution in [0.15, 0.2) is 77.3 Å². The summed E-state index contributed by atoms with van der Waals surface area (Å²) in [6.07, 6.45) is 0. The fourth-order valence-electron chi connectivity index (χ4n) is 2.32. The average molecular weight is 367 g/mol. The van der Waals surface area contributed by atoms with Gasteiger partial charge in [0.05, 0.1) is 10.0 Å². The van der Waals surface area contributed by atoms with Crippen molar-refractivity contribution in [1.82, 2.24) is 0 Å². The van der Waals surface area contributed by atoms with Crippen molar-refractivity contribution in [1.29, 1.82) is 0 Å². The monoisotopic (exact) mass is 366 g/mol. The summed E-state index contributed by atoms with van der Waals surface area (Å²) in [5, 5.41) is 0. The smallest absolute Gasteiger partial charge is 0.343 e. The van der Waals surface area contributed by atoms with Gasteiger partial charge >= 0.3 is 5.97 Å². The van der Waals surface area contributed by atoms with Gasteiger partial charge in [-0.2, -0.15) is 0 Å². The SMILES string of the molecule is Cc1cccc(C(=O)Oc2ccc(-c3ccccc3)cc2Br)c1. The van der Waals surface area contributed by atoms with Crippen molar-refractivity contribution in [2.24, 2.45) is 0 Å². The van der Waals surface area contributed by atoms with Gasteiger partial charge in [0.2, 0.25) is 0 Å². The molecule has 0 unspecified atom stereocenters. The van der Waals surface area contributed by atoms with E-state index in [4.69, 9.17) is 4.74 Å². The Morgan fingerprint density at radius 3 is 2.35 bits per heavy atom. The molecule has 0 amide bonds. The predicted octanol–water partition coefficient (Wildman–Crippen LogP) is 5.64. The molecule has 3 rings (SSSR count). The second-order valence-corrected chi connectivity index (χ2v) is 6.12. The molecule has 0 spiro atoms. The van der Waals surface area contributed by atoms with Crippen LogP contribution < -0.4 is 4.74 Å². The van der Waals surface area contributed by atoms with E-state index in [9.17, 15) is 4.79 Å². The Kier molecular flexibility index (Phi) is 4.58. The minimum Gasteiger partial charge on any atom is -0.422 e. The zero-order chi connectivity index (χ0) is 16.2. The number of carbonyl (C=O) groups is 1. The van der Waals surface area contributed by atoms with Crippen LogP contribution in [0.2, 0.25) is 0 Å². The fraction of sp³-hybridized carbons (Fsp3) is 0.0500. The molecule has 0 aliphatic heterocycles. The summed E-state index contributed by atoms with van der Waals surface area (Å²) in [5.74, 6) is 0.151. The first kappa shape index (κ1) is 15.5. The predicted molar refractivity (Wildman–Crippen MR) is 95.7 cm³/mol. The van der Waals surface area contributed by atoms with E-state index in [1.54, 1.807) is 12.1 Å². The van der Waals surface area contributed by atoms with E-state index in [1.165, 1.54) is 0 Å². The number of rotatable bonds is 3. The molecule has 0 fully saturated rings. The van der Waals surface area contributed by atoms with E-state index in [1.807, 2.05) is 67.6 Å². The minimum atomic E-state index is -0.359. The molecule has 3 aromatic carbocycles. The fourth-order valence-corrected chi connectivity index (χ4v) is 2.78. The lowest BCUT2D eigenvalue weighted by molar-refractivity contribution is 0.0733. The Hall–Kier alpha value is -2.39. The van der Waals surface area contributed by atoms with Crippen LogP contribution in [0.1, 0.15) is 15.9 Å². The molecular weight excluding hydrogens is 352 g/mol. The summed E-state index contributed by atoms with van der Waals surface area (Å²) in [6, 6.07) is 23.1. The molecule has 0 saturated carbocycles. The van der Waals surface area contributed by atoms with Gasteiger partial charge in [0, 0.05) is 0 Å². The molecule has 0 atom stereocenters. The number of hydrogen-bond donors (Lipinski definition) is 0. The molecule has 23 heavy (non-hydrogen) atoms. The molecule has 0 bridgehead atoms. The quantitative estimate of drug-likeness (QED) is 0.442. The van der Waals surface area contributed by atoms with Gasteiger partial charge in [0.15, 0.2) is 0 Å². The van der Waals surface area contributed by atoms with Gasteiger partial charge in [-0.3, -0.25) is 0 Å². The van der Waals surface area contributed by atoms with Gasteiger partial charge < -0.3 is 4.74 Å². The van der Waals surface area contributed by atoms with Gasteiger partial charge in [0.25, 0.3) is 0 Å². The van der Waals surface area contributed by atoms with Crippen LogP contribution in [0.5, 0.6) is 5.75 Å². The van der Waals surface area contributed by atoms with Gasteiger partial charge in [-0.15, -0.1) is 0 Å². The second kappa shape index (κ2) is 6.80. The van der Waals surface area contributed by atoms with Crippen LogP contribution in [0.4, 0.5) is 0 Å². The third-order valence-corrected chi connectivity index (χ3v) is 4.12. The van der Waals surface area contributed by atoms with Crippen molar-refractivity contribution >= 4 is 21.9 Å². The second-order valence-electron chi connectivity index (χ2n) is 5.27. The van der Waals surface area contributed by atoms with Crippen molar-refractivity contribution in [2.45, 2.75) is 6.92 Å². The Labute approximate surface area is 143 Å². The lowest BCUT2D eigenvalue weighted by atomic mass is 10.1. The molecule has 0 aliphatic rings. The molecule has 3 heteroatoms. The molecule has 3 aromatic rings. The maximum absolute atomic E-state index is 12.2. The van der Waals surface area contributed by atoms with Gasteiger partial charge in [-0.1, -0.05) is 54.1 Å². The number of ether oxygens (including phenoxy) is 1. The van der Waals surface area contributed by atoms with Crippen molar-refractivity contribution in [2.75, 3.05) is 0 Å². The van der Waals surface area contributed by atoms with E-state index in [2.05, 4.69) is 15.9 Å². The van der Waals surface area contributed by atoms with Crippen molar-refractivity contribution in [3.05, 3.63) is 88.4 Å². The molecule has 0 N–H and O–H groups in total. The highest BCUT2D eigenvalue weighted by molar-refractivity contribution is 9.10. The summed E-state index contributed by atoms with van der Waals surface area (Å²) < 4.78 is 6.24. The topological polar surface area (TPSA) is 26.3 Å². The number of hydrogen-bond acceptors (Lipinski definition) is 2. The van der Waals surface area contributed by atoms with Crippen LogP contribution in [-0.2, 0) is 0 Å². The molecule has 0 aromatic heterocycles. The summed E-state index contributed by atoms with van der Waals surface area (Å²) in [6.45, 7) is 1.95. The lowest BCUT2D eigenvalue weighted by Gasteiger charge is -2.09. The average Bonchev–Trinajstić information content (AvgIpc) is 2.57. The van der Waals surface area contributed by atoms with Crippen LogP contribution >= 0.6 is 15.9 Å². The third kappa shape index (κ3) is 3.69. The maximum Gasteiger partial charge on any atom is 0.343 e. The first-order valence-electron chi connectivity index (χ1n) is 7.27. The summed E-state index contributed by atoms with van der Waals surface area (Å²) in [7, 11) is 0. The van der Waals surface area contributed by atoms with E-state index in [-0.39, 0.29) is 5.97 Å². The van der Waals surface area contributed by atoms with Crippen LogP contribution in [0.3, 0.4) is 0 Å². The van der Waals surface area contributed by atoms with Crippen LogP contribution in [-0.4, -0.2) is 5.97 Å². The molecule has 0 heterocycles. The Morgan fingerprint density at radius 2 is 1.65 bits per heavy atom. The number of carbonyl (C=O) groups excluding carboxylic acids is 1. The third-order valence-electron chi connectivity index (χ3n) is 3.50. The van der Waals surface area contributed by atoms with Gasteiger partial charge in [0.1, 0.15) is 5.75 Å². The number of aryl methyl sites for hydroxylation is 1. The summed E-state index contributed by atoms with van der Waals surface area (Å²) >= 11 is 3.48. The molecular formula is C20H15BrO2. The molecule has 0 aliphatic carbocycles. The number of esters is 1. The normalized spacial score (nSPS) is 10.3. The molecule has 0 radical (unpaired) electrons. The zero-order valence-corrected chi connectivity index (χ0v) is 14.2. The first-order chi connectivity index (χ1) is 11.1. The summed E-state index contributed by atoms with van der Waals surface area (Å²) in [5.41, 5.74) is 3.75. The first-order valence-corrected chi connectivity index (χ1v) is 8.06. The number of benzene rings is 3. The highest BCUT2D eigenvalue weighted by Gasteiger charge is 2.11. The van der Waals surface area contributed by atoms with Crippen molar-refractivity contribution in [3.8, 4) is 16.9 Å². The van der Waals surface area contributed by atoms with Gasteiger partial charge in [-0.25, -0.2) is 4.79 Å². The standard InChI is InChI=1S/C20H15BrO2/c1-14-6-5-9-17(12-14)20(22)23-19-11-10-16(13-18(19)21)15-7-3-2-4-8-15/h2-13H,1H3. The highest BCUT2D eigenvalue weighted by atomic mass is 79.9. The largest absolute Gasteiger partial charge is 0.422 e. The summed E-state index contributed by atoms with van der Waals surface area (Å²) in [4.78, 5) is 12.2. The van der Waals surface area contributed by atoms with Crippen LogP contribution in [0, 0.1) is 6.92 Å². The van der Waals surface area contributed by atoms with Crippen molar-refractivity contribution in [3.63, 3.8) is 0 Å². The Bertz CT molecular complexity index is 841. The van der Waals surface area contributed by atoms with E-state index in [0.29, 0.717) is 11.3 Å². The van der Waals surface area contributed by atoms with E-state index in [0.717, 1.165) is 21.2 Å². The Balaban J connectivity index is 1.83. The van der Waals surface area contributed by atoms with E-state index < -0.39 is 0 Å². The molecule has 0 saturated heterocycles. The Morgan fingerprint density at radius 1 is 0.870 bits per heavy atom. The minimum absolute atomic E-state index is 0.359. The number of halogens is 1. The molecule has 2 nitrogen and oxygen atoms in total. The zero-order valence-electron chi connectivity index (χ0n) is 12.6. The lowest BCUT2D eigenvalue weighted by Crippen LogP contribution is -2.08. The van der Waals surface area contributed by atoms with Crippen molar-refractivity contribution < 1.29 is 9.53 Å². The maximum atomic E-state index is 12.2. The van der Waals surface area contributed by atoms with E-state index >= 15 is 0 Å². The highest BCUT2D eigenvalue weighted by Crippen LogP contribution is 2.31. The molecule has 114 valence electrons. The van der Waals surface area contributed by atoms with Gasteiger partial charge in [-0.05, 0) is 58.2 Å².